The van der Waals surface area contributed by atoms with E-state index in [1.54, 1.807) is 6.20 Å². The number of benzene rings is 1. The van der Waals surface area contributed by atoms with Gasteiger partial charge in [-0.3, -0.25) is 0 Å². The molecule has 1 fully saturated rings. The van der Waals surface area contributed by atoms with Gasteiger partial charge in [-0.1, -0.05) is 17.7 Å². The molecule has 0 amide bonds. The van der Waals surface area contributed by atoms with Crippen molar-refractivity contribution in [1.29, 1.82) is 0 Å². The van der Waals surface area contributed by atoms with Gasteiger partial charge in [-0.05, 0) is 25.5 Å². The van der Waals surface area contributed by atoms with Gasteiger partial charge in [0.1, 0.15) is 0 Å². The zero-order valence-corrected chi connectivity index (χ0v) is 12.3. The van der Waals surface area contributed by atoms with Gasteiger partial charge in [0.15, 0.2) is 5.82 Å². The first-order chi connectivity index (χ1) is 10.2. The first-order valence-corrected chi connectivity index (χ1v) is 7.09. The predicted molar refractivity (Wildman–Crippen MR) is 82.1 cm³/mol. The highest BCUT2D eigenvalue weighted by atomic mass is 16.5. The molecule has 1 N–H and O–H groups in total. The molecule has 1 aromatic carbocycles. The Balaban J connectivity index is 1.79. The Morgan fingerprint density at radius 1 is 1.19 bits per heavy atom. The molecule has 2 aromatic rings. The predicted octanol–water partition coefficient (Wildman–Crippen LogP) is 2.07. The van der Waals surface area contributed by atoms with Crippen LogP contribution in [0.25, 0.3) is 0 Å². The van der Waals surface area contributed by atoms with Gasteiger partial charge in [-0.15, -0.1) is 5.10 Å². The lowest BCUT2D eigenvalue weighted by molar-refractivity contribution is 0.122. The minimum atomic E-state index is 0.519. The molecular weight excluding hydrogens is 266 g/mol. The molecule has 1 aliphatic rings. The number of hydrogen-bond donors (Lipinski definition) is 1. The standard InChI is InChI=1S/C15H19N5O/c1-11-3-4-13(12(2)9-11)17-15-18-14(10-16-19-15)20-5-7-21-8-6-20/h3-4,9-10H,5-8H2,1-2H3,(H,17,18,19). The Kier molecular flexibility index (Phi) is 3.96. The second-order valence-electron chi connectivity index (χ2n) is 5.18. The van der Waals surface area contributed by atoms with Crippen LogP contribution in [-0.2, 0) is 4.74 Å². The number of rotatable bonds is 3. The Bertz CT molecular complexity index is 625. The van der Waals surface area contributed by atoms with E-state index in [0.29, 0.717) is 5.95 Å². The number of ether oxygens (including phenoxy) is 1. The number of nitrogens with zero attached hydrogens (tertiary/aromatic N) is 4. The topological polar surface area (TPSA) is 63.2 Å². The molecular formula is C15H19N5O. The van der Waals surface area contributed by atoms with Gasteiger partial charge in [0.05, 0.1) is 19.4 Å². The first kappa shape index (κ1) is 13.8. The molecule has 0 saturated carbocycles. The molecule has 21 heavy (non-hydrogen) atoms. The van der Waals surface area contributed by atoms with E-state index >= 15 is 0 Å². The van der Waals surface area contributed by atoms with Crippen molar-refractivity contribution >= 4 is 17.5 Å². The maximum absolute atomic E-state index is 5.35. The summed E-state index contributed by atoms with van der Waals surface area (Å²) in [5, 5.41) is 11.3. The molecule has 110 valence electrons. The van der Waals surface area contributed by atoms with Crippen LogP contribution in [-0.4, -0.2) is 41.5 Å². The minimum absolute atomic E-state index is 0.519. The third-order valence-electron chi connectivity index (χ3n) is 3.51. The van der Waals surface area contributed by atoms with Gasteiger partial charge < -0.3 is 15.0 Å². The second kappa shape index (κ2) is 6.05. The summed E-state index contributed by atoms with van der Waals surface area (Å²) < 4.78 is 5.35. The summed E-state index contributed by atoms with van der Waals surface area (Å²) in [5.41, 5.74) is 3.40. The molecule has 0 aliphatic carbocycles. The maximum Gasteiger partial charge on any atom is 0.249 e. The van der Waals surface area contributed by atoms with Crippen molar-refractivity contribution in [3.05, 3.63) is 35.5 Å². The third-order valence-corrected chi connectivity index (χ3v) is 3.51. The van der Waals surface area contributed by atoms with Crippen molar-refractivity contribution < 1.29 is 4.74 Å². The van der Waals surface area contributed by atoms with Crippen LogP contribution in [0.1, 0.15) is 11.1 Å². The summed E-state index contributed by atoms with van der Waals surface area (Å²) >= 11 is 0. The monoisotopic (exact) mass is 285 g/mol. The third kappa shape index (κ3) is 3.28. The molecule has 0 spiro atoms. The molecule has 3 rings (SSSR count). The van der Waals surface area contributed by atoms with Crippen molar-refractivity contribution in [3.63, 3.8) is 0 Å². The average molecular weight is 285 g/mol. The van der Waals surface area contributed by atoms with Gasteiger partial charge in [-0.2, -0.15) is 10.1 Å². The SMILES string of the molecule is Cc1ccc(Nc2nncc(N3CCOCC3)n2)c(C)c1. The normalized spacial score (nSPS) is 15.0. The Labute approximate surface area is 124 Å². The summed E-state index contributed by atoms with van der Waals surface area (Å²) in [6.07, 6.45) is 1.69. The van der Waals surface area contributed by atoms with E-state index in [1.165, 1.54) is 5.56 Å². The zero-order chi connectivity index (χ0) is 14.7. The Hall–Kier alpha value is -2.21. The quantitative estimate of drug-likeness (QED) is 0.931. The lowest BCUT2D eigenvalue weighted by Gasteiger charge is -2.27. The zero-order valence-electron chi connectivity index (χ0n) is 12.3. The van der Waals surface area contributed by atoms with Gasteiger partial charge in [-0.25, -0.2) is 0 Å². The average Bonchev–Trinajstić information content (AvgIpc) is 2.51. The molecule has 0 bridgehead atoms. The van der Waals surface area contributed by atoms with Crippen LogP contribution in [0, 0.1) is 13.8 Å². The first-order valence-electron chi connectivity index (χ1n) is 7.09. The molecule has 6 nitrogen and oxygen atoms in total. The van der Waals surface area contributed by atoms with E-state index in [9.17, 15) is 0 Å². The van der Waals surface area contributed by atoms with Gasteiger partial charge >= 0.3 is 0 Å². The maximum atomic E-state index is 5.35. The summed E-state index contributed by atoms with van der Waals surface area (Å²) in [6.45, 7) is 7.26. The van der Waals surface area contributed by atoms with E-state index < -0.39 is 0 Å². The van der Waals surface area contributed by atoms with Gasteiger partial charge in [0.2, 0.25) is 5.95 Å². The molecule has 1 saturated heterocycles. The summed E-state index contributed by atoms with van der Waals surface area (Å²) in [7, 11) is 0. The van der Waals surface area contributed by atoms with Crippen molar-refractivity contribution in [1.82, 2.24) is 15.2 Å². The number of anilines is 3. The number of aromatic nitrogens is 3. The van der Waals surface area contributed by atoms with E-state index in [-0.39, 0.29) is 0 Å². The van der Waals surface area contributed by atoms with Crippen LogP contribution >= 0.6 is 0 Å². The van der Waals surface area contributed by atoms with Crippen LogP contribution < -0.4 is 10.2 Å². The van der Waals surface area contributed by atoms with Crippen LogP contribution in [0.4, 0.5) is 17.5 Å². The molecule has 0 unspecified atom stereocenters. The second-order valence-corrected chi connectivity index (χ2v) is 5.18. The highest BCUT2D eigenvalue weighted by Crippen LogP contribution is 2.20. The van der Waals surface area contributed by atoms with E-state index in [2.05, 4.69) is 51.4 Å². The van der Waals surface area contributed by atoms with Gasteiger partial charge in [0, 0.05) is 18.8 Å². The van der Waals surface area contributed by atoms with Crippen molar-refractivity contribution in [3.8, 4) is 0 Å². The lowest BCUT2D eigenvalue weighted by Crippen LogP contribution is -2.37. The Morgan fingerprint density at radius 3 is 2.76 bits per heavy atom. The van der Waals surface area contributed by atoms with E-state index in [1.807, 2.05) is 6.07 Å². The van der Waals surface area contributed by atoms with E-state index in [4.69, 9.17) is 4.74 Å². The fraction of sp³-hybridized carbons (Fsp3) is 0.400. The molecule has 6 heteroatoms. The van der Waals surface area contributed by atoms with Crippen LogP contribution in [0.2, 0.25) is 0 Å². The highest BCUT2D eigenvalue weighted by Gasteiger charge is 2.13. The molecule has 0 radical (unpaired) electrons. The Morgan fingerprint density at radius 2 is 2.00 bits per heavy atom. The van der Waals surface area contributed by atoms with Gasteiger partial charge in [0.25, 0.3) is 0 Å². The van der Waals surface area contributed by atoms with Crippen LogP contribution in [0.5, 0.6) is 0 Å². The summed E-state index contributed by atoms with van der Waals surface area (Å²) in [4.78, 5) is 6.70. The van der Waals surface area contributed by atoms with Crippen LogP contribution in [0.15, 0.2) is 24.4 Å². The fourth-order valence-corrected chi connectivity index (χ4v) is 2.37. The highest BCUT2D eigenvalue weighted by molar-refractivity contribution is 5.59. The molecule has 1 aliphatic heterocycles. The summed E-state index contributed by atoms with van der Waals surface area (Å²) in [6, 6.07) is 6.23. The number of morpholine rings is 1. The van der Waals surface area contributed by atoms with Crippen molar-refractivity contribution in [2.75, 3.05) is 36.5 Å². The largest absolute Gasteiger partial charge is 0.378 e. The smallest absolute Gasteiger partial charge is 0.249 e. The molecule has 0 atom stereocenters. The summed E-state index contributed by atoms with van der Waals surface area (Å²) in [5.74, 6) is 1.35. The number of hydrogen-bond acceptors (Lipinski definition) is 6. The van der Waals surface area contributed by atoms with Crippen molar-refractivity contribution in [2.45, 2.75) is 13.8 Å². The molecule has 1 aromatic heterocycles. The lowest BCUT2D eigenvalue weighted by atomic mass is 10.1. The van der Waals surface area contributed by atoms with E-state index in [0.717, 1.165) is 43.4 Å². The minimum Gasteiger partial charge on any atom is -0.378 e. The molecule has 2 heterocycles. The fourth-order valence-electron chi connectivity index (χ4n) is 2.37. The van der Waals surface area contributed by atoms with Crippen LogP contribution in [0.3, 0.4) is 0 Å². The number of aryl methyl sites for hydroxylation is 2. The van der Waals surface area contributed by atoms with Crippen molar-refractivity contribution in [2.24, 2.45) is 0 Å². The number of nitrogens with one attached hydrogen (secondary N) is 1.